The molecule has 0 atom stereocenters. The molecule has 2 aromatic heterocycles. The Kier molecular flexibility index (Phi) is 4.80. The number of urea groups is 1. The zero-order valence-electron chi connectivity index (χ0n) is 10.2. The van der Waals surface area contributed by atoms with Gasteiger partial charge in [-0.25, -0.2) is 14.8 Å². The zero-order valence-corrected chi connectivity index (χ0v) is 12.6. The minimum absolute atomic E-state index is 0.304. The molecule has 6 nitrogen and oxygen atoms in total. The van der Waals surface area contributed by atoms with E-state index in [4.69, 9.17) is 0 Å². The fourth-order valence-electron chi connectivity index (χ4n) is 1.27. The summed E-state index contributed by atoms with van der Waals surface area (Å²) < 4.78 is 0.663. The van der Waals surface area contributed by atoms with E-state index in [0.717, 1.165) is 11.3 Å². The molecule has 100 valence electrons. The van der Waals surface area contributed by atoms with Gasteiger partial charge < -0.3 is 5.32 Å². The minimum atomic E-state index is -0.304. The second-order valence-corrected chi connectivity index (χ2v) is 5.55. The van der Waals surface area contributed by atoms with Crippen molar-refractivity contribution in [3.63, 3.8) is 0 Å². The van der Waals surface area contributed by atoms with Crippen LogP contribution in [0.5, 0.6) is 0 Å². The molecule has 0 spiro atoms. The molecule has 0 unspecified atom stereocenters. The fourth-order valence-corrected chi connectivity index (χ4v) is 2.22. The van der Waals surface area contributed by atoms with Gasteiger partial charge in [0, 0.05) is 11.1 Å². The van der Waals surface area contributed by atoms with Crippen LogP contribution in [-0.2, 0) is 13.0 Å². The average Bonchev–Trinajstić information content (AvgIpc) is 2.86. The molecule has 0 bridgehead atoms. The number of hydrogen-bond acceptors (Lipinski definition) is 5. The van der Waals surface area contributed by atoms with Crippen LogP contribution in [0.25, 0.3) is 0 Å². The zero-order chi connectivity index (χ0) is 13.7. The first-order valence-corrected chi connectivity index (χ1v) is 7.24. The Morgan fingerprint density at radius 1 is 1.32 bits per heavy atom. The first kappa shape index (κ1) is 13.9. The van der Waals surface area contributed by atoms with Gasteiger partial charge in [-0.2, -0.15) is 0 Å². The standard InChI is InChI=1S/C11H12BrN5OS/c1-2-8-5-16-11(19-8)17-10(18)15-4-7-3-14-9(12)6-13-7/h3,5-6H,2,4H2,1H3,(H2,15,16,17,18). The van der Waals surface area contributed by atoms with Gasteiger partial charge in [0.15, 0.2) is 5.13 Å². The van der Waals surface area contributed by atoms with Crippen LogP contribution in [0, 0.1) is 0 Å². The Hall–Kier alpha value is -1.54. The summed E-state index contributed by atoms with van der Waals surface area (Å²) in [4.78, 5) is 25.0. The van der Waals surface area contributed by atoms with Gasteiger partial charge in [0.05, 0.1) is 24.6 Å². The summed E-state index contributed by atoms with van der Waals surface area (Å²) in [5, 5.41) is 5.96. The molecule has 2 N–H and O–H groups in total. The van der Waals surface area contributed by atoms with Crippen molar-refractivity contribution >= 4 is 38.4 Å². The third kappa shape index (κ3) is 4.25. The lowest BCUT2D eigenvalue weighted by atomic mass is 10.4. The smallest absolute Gasteiger partial charge is 0.321 e. The van der Waals surface area contributed by atoms with Crippen LogP contribution in [0.4, 0.5) is 9.93 Å². The van der Waals surface area contributed by atoms with E-state index in [1.807, 2.05) is 6.92 Å². The van der Waals surface area contributed by atoms with E-state index in [1.54, 1.807) is 18.6 Å². The van der Waals surface area contributed by atoms with Crippen LogP contribution in [-0.4, -0.2) is 21.0 Å². The molecule has 2 amide bonds. The van der Waals surface area contributed by atoms with Crippen molar-refractivity contribution in [2.75, 3.05) is 5.32 Å². The fraction of sp³-hybridized carbons (Fsp3) is 0.273. The lowest BCUT2D eigenvalue weighted by Crippen LogP contribution is -2.28. The Balaban J connectivity index is 1.82. The highest BCUT2D eigenvalue weighted by molar-refractivity contribution is 9.10. The molecule has 0 saturated heterocycles. The molecular weight excluding hydrogens is 330 g/mol. The quantitative estimate of drug-likeness (QED) is 0.895. The van der Waals surface area contributed by atoms with Crippen molar-refractivity contribution < 1.29 is 4.79 Å². The minimum Gasteiger partial charge on any atom is -0.332 e. The number of amides is 2. The van der Waals surface area contributed by atoms with Crippen LogP contribution in [0.2, 0.25) is 0 Å². The van der Waals surface area contributed by atoms with Crippen LogP contribution in [0.15, 0.2) is 23.2 Å². The molecule has 0 aliphatic heterocycles. The Morgan fingerprint density at radius 3 is 2.79 bits per heavy atom. The van der Waals surface area contributed by atoms with Crippen molar-refractivity contribution in [1.29, 1.82) is 0 Å². The number of aromatic nitrogens is 3. The molecule has 2 rings (SSSR count). The normalized spacial score (nSPS) is 10.2. The van der Waals surface area contributed by atoms with Gasteiger partial charge in [0.2, 0.25) is 0 Å². The summed E-state index contributed by atoms with van der Waals surface area (Å²) in [6.45, 7) is 2.36. The Morgan fingerprint density at radius 2 is 2.16 bits per heavy atom. The third-order valence-electron chi connectivity index (χ3n) is 2.23. The summed E-state index contributed by atoms with van der Waals surface area (Å²) >= 11 is 4.67. The van der Waals surface area contributed by atoms with Crippen molar-refractivity contribution in [3.05, 3.63) is 33.8 Å². The molecule has 0 fully saturated rings. The van der Waals surface area contributed by atoms with Crippen LogP contribution >= 0.6 is 27.3 Å². The van der Waals surface area contributed by atoms with E-state index in [1.165, 1.54) is 11.3 Å². The number of hydrogen-bond donors (Lipinski definition) is 2. The van der Waals surface area contributed by atoms with Gasteiger partial charge in [-0.3, -0.25) is 10.3 Å². The molecule has 0 aliphatic carbocycles. The number of aryl methyl sites for hydroxylation is 1. The highest BCUT2D eigenvalue weighted by atomic mass is 79.9. The molecule has 0 aromatic carbocycles. The summed E-state index contributed by atoms with van der Waals surface area (Å²) in [6.07, 6.45) is 5.86. The van der Waals surface area contributed by atoms with E-state index >= 15 is 0 Å². The van der Waals surface area contributed by atoms with Gasteiger partial charge in [-0.15, -0.1) is 11.3 Å². The summed E-state index contributed by atoms with van der Waals surface area (Å²) in [7, 11) is 0. The molecule has 8 heteroatoms. The van der Waals surface area contributed by atoms with Gasteiger partial charge >= 0.3 is 6.03 Å². The van der Waals surface area contributed by atoms with E-state index in [0.29, 0.717) is 22.0 Å². The number of carbonyl (C=O) groups is 1. The number of thiazole rings is 1. The SMILES string of the molecule is CCc1cnc(NC(=O)NCc2cnc(Br)cn2)s1. The second-order valence-electron chi connectivity index (χ2n) is 3.62. The molecule has 2 heterocycles. The van der Waals surface area contributed by atoms with Crippen molar-refractivity contribution in [2.45, 2.75) is 19.9 Å². The number of carbonyl (C=O) groups excluding carboxylic acids is 1. The first-order chi connectivity index (χ1) is 9.17. The lowest BCUT2D eigenvalue weighted by Gasteiger charge is -2.04. The maximum atomic E-state index is 11.6. The monoisotopic (exact) mass is 341 g/mol. The number of halogens is 1. The number of nitrogens with zero attached hydrogens (tertiary/aromatic N) is 3. The van der Waals surface area contributed by atoms with Crippen molar-refractivity contribution in [1.82, 2.24) is 20.3 Å². The van der Waals surface area contributed by atoms with Gasteiger partial charge in [-0.05, 0) is 22.4 Å². The topological polar surface area (TPSA) is 79.8 Å². The number of anilines is 1. The molecule has 2 aromatic rings. The molecule has 19 heavy (non-hydrogen) atoms. The Bertz CT molecular complexity index is 556. The van der Waals surface area contributed by atoms with E-state index < -0.39 is 0 Å². The summed E-state index contributed by atoms with van der Waals surface area (Å²) in [5.41, 5.74) is 0.687. The summed E-state index contributed by atoms with van der Waals surface area (Å²) in [5.74, 6) is 0. The molecular formula is C11H12BrN5OS. The predicted molar refractivity (Wildman–Crippen MR) is 77.1 cm³/mol. The molecule has 0 aliphatic rings. The Labute approximate surface area is 122 Å². The van der Waals surface area contributed by atoms with E-state index in [9.17, 15) is 4.79 Å². The van der Waals surface area contributed by atoms with Gasteiger partial charge in [0.25, 0.3) is 0 Å². The van der Waals surface area contributed by atoms with E-state index in [2.05, 4.69) is 41.5 Å². The van der Waals surface area contributed by atoms with Crippen molar-refractivity contribution in [3.8, 4) is 0 Å². The highest BCUT2D eigenvalue weighted by Gasteiger charge is 2.06. The number of rotatable bonds is 4. The second kappa shape index (κ2) is 6.58. The van der Waals surface area contributed by atoms with Crippen LogP contribution in [0.3, 0.4) is 0 Å². The van der Waals surface area contributed by atoms with Gasteiger partial charge in [0.1, 0.15) is 4.60 Å². The van der Waals surface area contributed by atoms with E-state index in [-0.39, 0.29) is 6.03 Å². The maximum Gasteiger partial charge on any atom is 0.321 e. The first-order valence-electron chi connectivity index (χ1n) is 5.63. The van der Waals surface area contributed by atoms with Crippen molar-refractivity contribution in [2.24, 2.45) is 0 Å². The predicted octanol–water partition coefficient (Wildman–Crippen LogP) is 2.58. The summed E-state index contributed by atoms with van der Waals surface area (Å²) in [6, 6.07) is -0.304. The third-order valence-corrected chi connectivity index (χ3v) is 3.69. The molecule has 0 radical (unpaired) electrons. The van der Waals surface area contributed by atoms with Crippen LogP contribution < -0.4 is 10.6 Å². The highest BCUT2D eigenvalue weighted by Crippen LogP contribution is 2.17. The average molecular weight is 342 g/mol. The lowest BCUT2D eigenvalue weighted by molar-refractivity contribution is 0.251. The van der Waals surface area contributed by atoms with Crippen LogP contribution in [0.1, 0.15) is 17.5 Å². The number of nitrogens with one attached hydrogen (secondary N) is 2. The largest absolute Gasteiger partial charge is 0.332 e. The maximum absolute atomic E-state index is 11.6. The molecule has 0 saturated carbocycles. The van der Waals surface area contributed by atoms with Gasteiger partial charge in [-0.1, -0.05) is 6.92 Å².